The molecule has 3 aromatic carbocycles. The molecule has 1 aliphatic heterocycles. The lowest BCUT2D eigenvalue weighted by molar-refractivity contribution is -0.119. The zero-order chi connectivity index (χ0) is 30.2. The summed E-state index contributed by atoms with van der Waals surface area (Å²) in [5.41, 5.74) is 14.1. The Balaban J connectivity index is 1.74. The number of aromatic nitrogens is 2. The van der Waals surface area contributed by atoms with Gasteiger partial charge in [0.15, 0.2) is 0 Å². The van der Waals surface area contributed by atoms with Crippen LogP contribution >= 0.6 is 7.92 Å². The van der Waals surface area contributed by atoms with E-state index in [1.807, 2.05) is 26.0 Å². The van der Waals surface area contributed by atoms with Crippen LogP contribution in [0.3, 0.4) is 0 Å². The minimum absolute atomic E-state index is 0.0167. The number of carbonyl (C=O) groups is 1. The van der Waals surface area contributed by atoms with Gasteiger partial charge < -0.3 is 0 Å². The number of rotatable bonds is 5. The second-order valence-electron chi connectivity index (χ2n) is 12.0. The molecule has 0 N–H and O–H groups in total. The van der Waals surface area contributed by atoms with Crippen LogP contribution in [0.25, 0.3) is 22.3 Å². The molecule has 2 aromatic heterocycles. The molecule has 1 fully saturated rings. The number of aryl methyl sites for hydroxylation is 6. The van der Waals surface area contributed by atoms with Crippen molar-refractivity contribution in [2.45, 2.75) is 65.7 Å². The lowest BCUT2D eigenvalue weighted by atomic mass is 9.90. The molecular formula is C39H39N2OP. The number of carbonyl (C=O) groups excluding carboxylic acids is 1. The van der Waals surface area contributed by atoms with Crippen molar-refractivity contribution < 1.29 is 4.79 Å². The highest BCUT2D eigenvalue weighted by Crippen LogP contribution is 2.67. The summed E-state index contributed by atoms with van der Waals surface area (Å²) in [6.07, 6.45) is 0.996. The maximum atomic E-state index is 13.7. The fourth-order valence-electron chi connectivity index (χ4n) is 6.94. The van der Waals surface area contributed by atoms with Crippen LogP contribution in [-0.4, -0.2) is 15.8 Å². The third kappa shape index (κ3) is 5.59. The van der Waals surface area contributed by atoms with Crippen LogP contribution < -0.4 is 5.30 Å². The Kier molecular flexibility index (Phi) is 8.12. The molecule has 216 valence electrons. The second-order valence-corrected chi connectivity index (χ2v) is 14.5. The Labute approximate surface area is 257 Å². The third-order valence-electron chi connectivity index (χ3n) is 8.81. The van der Waals surface area contributed by atoms with Gasteiger partial charge in [-0.15, -0.1) is 0 Å². The topological polar surface area (TPSA) is 42.9 Å². The minimum atomic E-state index is -0.982. The van der Waals surface area contributed by atoms with Crippen molar-refractivity contribution in [2.24, 2.45) is 0 Å². The van der Waals surface area contributed by atoms with Crippen molar-refractivity contribution in [3.05, 3.63) is 136 Å². The number of hydrogen-bond acceptors (Lipinski definition) is 3. The van der Waals surface area contributed by atoms with Crippen molar-refractivity contribution >= 4 is 19.0 Å². The maximum Gasteiger partial charge on any atom is 0.134 e. The first kappa shape index (κ1) is 29.1. The Hall–Kier alpha value is -3.94. The van der Waals surface area contributed by atoms with Crippen LogP contribution in [0.2, 0.25) is 0 Å². The summed E-state index contributed by atoms with van der Waals surface area (Å²) in [6.45, 7) is 13.0. The second kappa shape index (κ2) is 12.0. The smallest absolute Gasteiger partial charge is 0.134 e. The van der Waals surface area contributed by atoms with E-state index in [0.717, 1.165) is 22.8 Å². The van der Waals surface area contributed by atoms with E-state index in [-0.39, 0.29) is 11.3 Å². The predicted octanol–water partition coefficient (Wildman–Crippen LogP) is 9.61. The monoisotopic (exact) mass is 582 g/mol. The number of benzene rings is 3. The number of nitrogens with zero attached hydrogens (tertiary/aromatic N) is 2. The molecule has 1 aliphatic rings. The van der Waals surface area contributed by atoms with Crippen molar-refractivity contribution in [1.29, 1.82) is 0 Å². The van der Waals surface area contributed by atoms with Crippen molar-refractivity contribution in [3.8, 4) is 22.3 Å². The first-order valence-electron chi connectivity index (χ1n) is 15.2. The van der Waals surface area contributed by atoms with E-state index < -0.39 is 7.92 Å². The van der Waals surface area contributed by atoms with E-state index >= 15 is 0 Å². The summed E-state index contributed by atoms with van der Waals surface area (Å²) in [5.74, 6) is 0.290. The molecule has 2 unspecified atom stereocenters. The van der Waals surface area contributed by atoms with Gasteiger partial charge in [-0.05, 0) is 116 Å². The van der Waals surface area contributed by atoms with Crippen LogP contribution in [0.5, 0.6) is 0 Å². The summed E-state index contributed by atoms with van der Waals surface area (Å²) < 4.78 is 0. The molecule has 0 saturated carbocycles. The third-order valence-corrected chi connectivity index (χ3v) is 12.0. The van der Waals surface area contributed by atoms with E-state index in [2.05, 4.69) is 107 Å². The summed E-state index contributed by atoms with van der Waals surface area (Å²) >= 11 is 0. The summed E-state index contributed by atoms with van der Waals surface area (Å²) in [7, 11) is -0.982. The van der Waals surface area contributed by atoms with Gasteiger partial charge in [-0.1, -0.05) is 74.7 Å². The van der Waals surface area contributed by atoms with Gasteiger partial charge in [0.2, 0.25) is 0 Å². The highest BCUT2D eigenvalue weighted by atomic mass is 31.1. The van der Waals surface area contributed by atoms with Crippen molar-refractivity contribution in [2.75, 3.05) is 0 Å². The minimum Gasteiger partial charge on any atom is -0.300 e. The first-order chi connectivity index (χ1) is 20.7. The fraction of sp³-hybridized carbons (Fsp3) is 0.256. The molecular weight excluding hydrogens is 543 g/mol. The molecule has 0 radical (unpaired) electrons. The summed E-state index contributed by atoms with van der Waals surface area (Å²) in [6, 6.07) is 32.5. The maximum absolute atomic E-state index is 13.7. The number of Topliss-reactive ketones (excluding diaryl/α,β-unsaturated/α-hetero) is 1. The Morgan fingerprint density at radius 1 is 0.535 bits per heavy atom. The van der Waals surface area contributed by atoms with E-state index in [4.69, 9.17) is 9.97 Å². The highest BCUT2D eigenvalue weighted by Gasteiger charge is 2.43. The van der Waals surface area contributed by atoms with Crippen LogP contribution in [-0.2, 0) is 4.79 Å². The SMILES string of the molecule is Cc1cccc(C2CC(=O)CC(c3cccc(C)n3)P2c2c(-c3c(C)cccc3C)cccc2-c2c(C)cccc2C)n1. The fourth-order valence-corrected chi connectivity index (χ4v) is 10.6. The number of ketones is 1. The zero-order valence-electron chi connectivity index (χ0n) is 26.0. The average Bonchev–Trinajstić information content (AvgIpc) is 2.97. The predicted molar refractivity (Wildman–Crippen MR) is 180 cm³/mol. The van der Waals surface area contributed by atoms with Gasteiger partial charge in [-0.25, -0.2) is 0 Å². The molecule has 5 aromatic rings. The van der Waals surface area contributed by atoms with E-state index in [1.54, 1.807) is 0 Å². The molecule has 4 heteroatoms. The van der Waals surface area contributed by atoms with Crippen LogP contribution in [0.1, 0.15) is 69.2 Å². The molecule has 1 saturated heterocycles. The van der Waals surface area contributed by atoms with Crippen LogP contribution in [0.15, 0.2) is 91.0 Å². The number of pyridine rings is 2. The van der Waals surface area contributed by atoms with Gasteiger partial charge >= 0.3 is 0 Å². The summed E-state index contributed by atoms with van der Waals surface area (Å²) in [4.78, 5) is 23.8. The van der Waals surface area contributed by atoms with Crippen molar-refractivity contribution in [1.82, 2.24) is 9.97 Å². The lowest BCUT2D eigenvalue weighted by Crippen LogP contribution is -2.27. The van der Waals surface area contributed by atoms with Gasteiger partial charge in [0.1, 0.15) is 5.78 Å². The molecule has 3 heterocycles. The Bertz CT molecular complexity index is 1670. The standard InChI is InChI=1S/C39H39N2OP/c1-24-12-7-13-25(2)37(24)31-18-11-19-32(38-26(3)14-8-15-27(38)4)39(31)43-35(33-20-9-16-28(5)40-33)22-30(42)23-36(43)34-21-10-17-29(6)41-34/h7-21,35-36H,22-23H2,1-6H3. The Morgan fingerprint density at radius 3 is 1.30 bits per heavy atom. The van der Waals surface area contributed by atoms with Gasteiger partial charge in [0.25, 0.3) is 0 Å². The zero-order valence-corrected chi connectivity index (χ0v) is 26.9. The Morgan fingerprint density at radius 2 is 0.907 bits per heavy atom. The molecule has 0 bridgehead atoms. The van der Waals surface area contributed by atoms with Gasteiger partial charge in [0.05, 0.1) is 0 Å². The number of hydrogen-bond donors (Lipinski definition) is 0. The van der Waals surface area contributed by atoms with Gasteiger partial charge in [-0.2, -0.15) is 0 Å². The molecule has 0 aliphatic carbocycles. The first-order valence-corrected chi connectivity index (χ1v) is 16.6. The highest BCUT2D eigenvalue weighted by molar-refractivity contribution is 7.67. The quantitative estimate of drug-likeness (QED) is 0.194. The van der Waals surface area contributed by atoms with Gasteiger partial charge in [0, 0.05) is 46.9 Å². The van der Waals surface area contributed by atoms with E-state index in [0.29, 0.717) is 18.6 Å². The van der Waals surface area contributed by atoms with E-state index in [9.17, 15) is 4.79 Å². The summed E-state index contributed by atoms with van der Waals surface area (Å²) in [5, 5.41) is 1.36. The van der Waals surface area contributed by atoms with E-state index in [1.165, 1.54) is 49.8 Å². The largest absolute Gasteiger partial charge is 0.300 e. The van der Waals surface area contributed by atoms with Crippen LogP contribution in [0, 0.1) is 41.5 Å². The van der Waals surface area contributed by atoms with Crippen LogP contribution in [0.4, 0.5) is 0 Å². The molecule has 3 nitrogen and oxygen atoms in total. The lowest BCUT2D eigenvalue weighted by Gasteiger charge is -2.40. The van der Waals surface area contributed by atoms with Crippen molar-refractivity contribution in [3.63, 3.8) is 0 Å². The molecule has 0 spiro atoms. The van der Waals surface area contributed by atoms with Gasteiger partial charge in [-0.3, -0.25) is 14.8 Å². The normalized spacial score (nSPS) is 18.6. The molecule has 6 rings (SSSR count). The molecule has 2 atom stereocenters. The average molecular weight is 583 g/mol. The molecule has 43 heavy (non-hydrogen) atoms. The molecule has 0 amide bonds.